The van der Waals surface area contributed by atoms with Gasteiger partial charge >= 0.3 is 12.2 Å². The van der Waals surface area contributed by atoms with Crippen molar-refractivity contribution >= 4 is 45.9 Å². The lowest BCUT2D eigenvalue weighted by atomic mass is 9.90. The summed E-state index contributed by atoms with van der Waals surface area (Å²) in [6.07, 6.45) is 5.13. The van der Waals surface area contributed by atoms with E-state index in [-0.39, 0.29) is 35.7 Å². The maximum Gasteiger partial charge on any atom is 0.407 e. The van der Waals surface area contributed by atoms with Crippen LogP contribution in [0.2, 0.25) is 0 Å². The maximum atomic E-state index is 14.0. The Morgan fingerprint density at radius 1 is 0.763 bits per heavy atom. The third kappa shape index (κ3) is 8.18. The molecule has 0 spiro atoms. The fourth-order valence-electron chi connectivity index (χ4n) is 8.76. The van der Waals surface area contributed by atoms with E-state index in [9.17, 15) is 19.2 Å². The lowest BCUT2D eigenvalue weighted by Crippen LogP contribution is -2.53. The minimum absolute atomic E-state index is 0.0359. The number of methoxy groups -OCH3 is 2. The number of aromatic nitrogens is 5. The number of likely N-dealkylation sites (tertiary alicyclic amines) is 2. The lowest BCUT2D eigenvalue weighted by Gasteiger charge is -2.34. The first kappa shape index (κ1) is 39.8. The number of pyridine rings is 1. The van der Waals surface area contributed by atoms with Gasteiger partial charge in [0.2, 0.25) is 11.8 Å². The second-order valence-electron chi connectivity index (χ2n) is 15.9. The van der Waals surface area contributed by atoms with Crippen molar-refractivity contribution in [1.29, 1.82) is 0 Å². The van der Waals surface area contributed by atoms with Crippen LogP contribution < -0.4 is 10.6 Å². The molecule has 59 heavy (non-hydrogen) atoms. The highest BCUT2D eigenvalue weighted by molar-refractivity contribution is 5.89. The number of carbonyl (C=O) groups is 4. The summed E-state index contributed by atoms with van der Waals surface area (Å²) in [5, 5.41) is 6.48. The number of H-pyrrole nitrogens is 2. The van der Waals surface area contributed by atoms with E-state index in [0.717, 1.165) is 70.1 Å². The molecule has 3 aliphatic rings. The van der Waals surface area contributed by atoms with E-state index in [2.05, 4.69) is 32.7 Å². The van der Waals surface area contributed by atoms with Crippen LogP contribution in [0.3, 0.4) is 0 Å². The van der Waals surface area contributed by atoms with Gasteiger partial charge in [-0.3, -0.25) is 9.59 Å². The molecule has 3 aromatic heterocycles. The zero-order valence-corrected chi connectivity index (χ0v) is 33.8. The number of hydrogen-bond acceptors (Lipinski definition) is 10. The third-order valence-corrected chi connectivity index (χ3v) is 11.9. The number of amides is 4. The molecule has 4 atom stereocenters. The Morgan fingerprint density at radius 3 is 2.17 bits per heavy atom. The van der Waals surface area contributed by atoms with E-state index < -0.39 is 24.3 Å². The summed E-state index contributed by atoms with van der Waals surface area (Å²) < 4.78 is 15.2. The highest BCUT2D eigenvalue weighted by Gasteiger charge is 2.41. The Bertz CT molecular complexity index is 2350. The van der Waals surface area contributed by atoms with Crippen LogP contribution in [0.1, 0.15) is 76.1 Å². The molecule has 0 radical (unpaired) electrons. The Labute approximate surface area is 341 Å². The largest absolute Gasteiger partial charge is 0.453 e. The van der Waals surface area contributed by atoms with E-state index in [1.165, 1.54) is 14.2 Å². The van der Waals surface area contributed by atoms with Crippen molar-refractivity contribution in [3.63, 3.8) is 0 Å². The molecule has 16 nitrogen and oxygen atoms in total. The number of fused-ring (bicyclic) bond motifs is 2. The van der Waals surface area contributed by atoms with Crippen molar-refractivity contribution in [2.45, 2.75) is 76.5 Å². The van der Waals surface area contributed by atoms with Gasteiger partial charge in [-0.05, 0) is 80.7 Å². The van der Waals surface area contributed by atoms with Gasteiger partial charge in [-0.25, -0.2) is 24.5 Å². The van der Waals surface area contributed by atoms with Crippen LogP contribution in [0.25, 0.3) is 44.5 Å². The molecule has 4 amide bonds. The number of alkyl carbamates (subject to hydrolysis) is 2. The summed E-state index contributed by atoms with van der Waals surface area (Å²) in [6, 6.07) is 14.3. The minimum atomic E-state index is -0.703. The summed E-state index contributed by atoms with van der Waals surface area (Å²) in [6.45, 7) is 6.07. The number of benzene rings is 2. The molecule has 0 bridgehead atoms. The van der Waals surface area contributed by atoms with Crippen LogP contribution in [-0.2, 0) is 23.8 Å². The molecule has 4 N–H and O–H groups in total. The zero-order valence-electron chi connectivity index (χ0n) is 33.8. The average Bonchev–Trinajstić information content (AvgIpc) is 4.10. The number of ether oxygens (including phenoxy) is 3. The molecule has 16 heteroatoms. The molecule has 6 heterocycles. The van der Waals surface area contributed by atoms with Gasteiger partial charge in [0.1, 0.15) is 23.7 Å². The van der Waals surface area contributed by atoms with Crippen LogP contribution >= 0.6 is 0 Å². The van der Waals surface area contributed by atoms with Gasteiger partial charge in [-0.2, -0.15) is 0 Å². The zero-order chi connectivity index (χ0) is 41.2. The summed E-state index contributed by atoms with van der Waals surface area (Å²) in [4.78, 5) is 77.1. The number of aromatic amines is 2. The van der Waals surface area contributed by atoms with E-state index in [1.807, 2.05) is 60.0 Å². The van der Waals surface area contributed by atoms with Gasteiger partial charge < -0.3 is 44.6 Å². The summed E-state index contributed by atoms with van der Waals surface area (Å²) in [5.41, 5.74) is 5.99. The van der Waals surface area contributed by atoms with Crippen molar-refractivity contribution in [3.05, 3.63) is 66.4 Å². The van der Waals surface area contributed by atoms with Gasteiger partial charge in [-0.1, -0.05) is 32.0 Å². The molecular weight excluding hydrogens is 755 g/mol. The van der Waals surface area contributed by atoms with Crippen LogP contribution in [-0.4, -0.2) is 111 Å². The normalized spacial score (nSPS) is 19.6. The fraction of sp³-hybridized carbons (Fsp3) is 0.465. The van der Waals surface area contributed by atoms with Crippen LogP contribution in [0.4, 0.5) is 9.59 Å². The average molecular weight is 806 g/mol. The smallest absolute Gasteiger partial charge is 0.407 e. The van der Waals surface area contributed by atoms with Crippen molar-refractivity contribution in [1.82, 2.24) is 45.4 Å². The van der Waals surface area contributed by atoms with Crippen molar-refractivity contribution < 1.29 is 33.4 Å². The molecule has 3 saturated heterocycles. The van der Waals surface area contributed by atoms with E-state index in [0.29, 0.717) is 50.8 Å². The molecule has 3 aliphatic heterocycles. The Kier molecular flexibility index (Phi) is 11.5. The number of imidazole rings is 2. The van der Waals surface area contributed by atoms with Gasteiger partial charge in [0.25, 0.3) is 0 Å². The quantitative estimate of drug-likeness (QED) is 0.129. The SMILES string of the molecule is COC(=O)N[C@H](C(=O)N1CCC[C@H]1c1nc2ccc(-c3ccc4cc(-c5cnc([C@@H]6CCCN6C(=O)[C@@H](NC(=O)OC)C6CCOCC6)[nH]5)ccc4n3)cc2[nH]1)C(C)C. The van der Waals surface area contributed by atoms with Gasteiger partial charge in [0.15, 0.2) is 0 Å². The number of carbonyl (C=O) groups excluding carboxylic acids is 4. The topological polar surface area (TPSA) is 197 Å². The van der Waals surface area contributed by atoms with Crippen molar-refractivity contribution in [3.8, 4) is 22.5 Å². The lowest BCUT2D eigenvalue weighted by molar-refractivity contribution is -0.137. The number of nitrogens with zero attached hydrogens (tertiary/aromatic N) is 5. The molecule has 0 unspecified atom stereocenters. The summed E-state index contributed by atoms with van der Waals surface area (Å²) in [7, 11) is 2.59. The first-order valence-electron chi connectivity index (χ1n) is 20.5. The predicted octanol–water partition coefficient (Wildman–Crippen LogP) is 6.03. The molecule has 2 aromatic carbocycles. The molecular formula is C43H51N9O7. The van der Waals surface area contributed by atoms with E-state index in [4.69, 9.17) is 29.2 Å². The molecule has 5 aromatic rings. The molecule has 8 rings (SSSR count). The standard InChI is InChI=1S/C43H51N9O7/c1-24(2)36(49-42(55)57-3)40(53)52-18-6-8-35(52)39-46-31-14-11-28(22-32(31)47-39)30-12-9-26-21-27(10-13-29(26)45-30)33-23-44-38(48-33)34-7-5-17-51(34)41(54)37(50-43(56)58-4)25-15-19-59-20-16-25/h9-14,21-25,34-37H,5-8,15-20H2,1-4H3,(H,44,48)(H,46,47)(H,49,55)(H,50,56)/t34-,35-,36-,37-/m0/s1. The van der Waals surface area contributed by atoms with E-state index in [1.54, 1.807) is 6.20 Å². The van der Waals surface area contributed by atoms with Gasteiger partial charge in [0, 0.05) is 42.8 Å². The van der Waals surface area contributed by atoms with Crippen LogP contribution in [0.15, 0.2) is 54.7 Å². The number of nitrogens with one attached hydrogen (secondary N) is 4. The predicted molar refractivity (Wildman–Crippen MR) is 219 cm³/mol. The second kappa shape index (κ2) is 17.1. The fourth-order valence-corrected chi connectivity index (χ4v) is 8.76. The monoisotopic (exact) mass is 805 g/mol. The highest BCUT2D eigenvalue weighted by atomic mass is 16.5. The van der Waals surface area contributed by atoms with Gasteiger partial charge in [-0.15, -0.1) is 0 Å². The second-order valence-corrected chi connectivity index (χ2v) is 15.9. The van der Waals surface area contributed by atoms with Crippen LogP contribution in [0.5, 0.6) is 0 Å². The maximum absolute atomic E-state index is 14.0. The van der Waals surface area contributed by atoms with Crippen LogP contribution in [0, 0.1) is 11.8 Å². The molecule has 310 valence electrons. The van der Waals surface area contributed by atoms with E-state index >= 15 is 0 Å². The minimum Gasteiger partial charge on any atom is -0.453 e. The summed E-state index contributed by atoms with van der Waals surface area (Å²) in [5.74, 6) is 0.999. The Balaban J connectivity index is 0.977. The van der Waals surface area contributed by atoms with Crippen molar-refractivity contribution in [2.24, 2.45) is 11.8 Å². The summed E-state index contributed by atoms with van der Waals surface area (Å²) >= 11 is 0. The highest BCUT2D eigenvalue weighted by Crippen LogP contribution is 2.36. The molecule has 0 aliphatic carbocycles. The number of rotatable bonds is 10. The first-order chi connectivity index (χ1) is 28.6. The molecule has 3 fully saturated rings. The third-order valence-electron chi connectivity index (χ3n) is 11.9. The van der Waals surface area contributed by atoms with Crippen molar-refractivity contribution in [2.75, 3.05) is 40.5 Å². The first-order valence-corrected chi connectivity index (χ1v) is 20.5. The Morgan fingerprint density at radius 2 is 1.44 bits per heavy atom. The molecule has 0 saturated carbocycles. The van der Waals surface area contributed by atoms with Gasteiger partial charge in [0.05, 0.1) is 60.4 Å². The number of hydrogen-bond donors (Lipinski definition) is 4. The Hall–Kier alpha value is -6.03.